The summed E-state index contributed by atoms with van der Waals surface area (Å²) in [6, 6.07) is -0.281. The standard InChI is InChI=1S/C14H26N2O3/c1-3-7-12(14(18)19-4-2)15-9-8-13(17)16-10-5-6-11-16/h12,15H,3-11H2,1-2H3. The molecule has 1 aliphatic rings. The van der Waals surface area contributed by atoms with Gasteiger partial charge in [-0.25, -0.2) is 0 Å². The molecule has 5 nitrogen and oxygen atoms in total. The van der Waals surface area contributed by atoms with Gasteiger partial charge in [0.1, 0.15) is 6.04 Å². The van der Waals surface area contributed by atoms with Crippen molar-refractivity contribution in [1.82, 2.24) is 10.2 Å². The summed E-state index contributed by atoms with van der Waals surface area (Å²) >= 11 is 0. The Balaban J connectivity index is 2.26. The third kappa shape index (κ3) is 5.59. The quantitative estimate of drug-likeness (QED) is 0.676. The normalized spacial score (nSPS) is 16.4. The first kappa shape index (κ1) is 16.0. The lowest BCUT2D eigenvalue weighted by Crippen LogP contribution is -2.40. The summed E-state index contributed by atoms with van der Waals surface area (Å²) in [4.78, 5) is 25.4. The molecule has 5 heteroatoms. The Hall–Kier alpha value is -1.10. The van der Waals surface area contributed by atoms with Crippen LogP contribution < -0.4 is 5.32 Å². The van der Waals surface area contributed by atoms with Gasteiger partial charge in [-0.05, 0) is 26.2 Å². The summed E-state index contributed by atoms with van der Waals surface area (Å²) in [6.07, 6.45) is 4.34. The van der Waals surface area contributed by atoms with Gasteiger partial charge in [0.25, 0.3) is 0 Å². The fourth-order valence-corrected chi connectivity index (χ4v) is 2.31. The minimum Gasteiger partial charge on any atom is -0.465 e. The molecule has 0 aliphatic carbocycles. The van der Waals surface area contributed by atoms with E-state index in [1.807, 2.05) is 11.8 Å². The summed E-state index contributed by atoms with van der Waals surface area (Å²) in [5.41, 5.74) is 0. The summed E-state index contributed by atoms with van der Waals surface area (Å²) in [7, 11) is 0. The van der Waals surface area contributed by atoms with Crippen LogP contribution in [0, 0.1) is 0 Å². The zero-order chi connectivity index (χ0) is 14.1. The lowest BCUT2D eigenvalue weighted by atomic mass is 10.1. The third-order valence-corrected chi connectivity index (χ3v) is 3.34. The molecule has 0 spiro atoms. The van der Waals surface area contributed by atoms with Gasteiger partial charge in [0, 0.05) is 26.1 Å². The van der Waals surface area contributed by atoms with Crippen molar-refractivity contribution < 1.29 is 14.3 Å². The van der Waals surface area contributed by atoms with E-state index in [-0.39, 0.29) is 17.9 Å². The number of nitrogens with one attached hydrogen (secondary N) is 1. The summed E-state index contributed by atoms with van der Waals surface area (Å²) in [5, 5.41) is 3.14. The number of likely N-dealkylation sites (tertiary alicyclic amines) is 1. The van der Waals surface area contributed by atoms with E-state index in [1.54, 1.807) is 6.92 Å². The number of esters is 1. The van der Waals surface area contributed by atoms with Crippen molar-refractivity contribution in [3.05, 3.63) is 0 Å². The number of rotatable bonds is 8. The average Bonchev–Trinajstić information content (AvgIpc) is 2.91. The van der Waals surface area contributed by atoms with Gasteiger partial charge in [-0.1, -0.05) is 13.3 Å². The summed E-state index contributed by atoms with van der Waals surface area (Å²) in [5.74, 6) is -0.0259. The number of amides is 1. The molecule has 1 heterocycles. The van der Waals surface area contributed by atoms with E-state index in [4.69, 9.17) is 4.74 Å². The Morgan fingerprint density at radius 3 is 2.53 bits per heavy atom. The molecule has 110 valence electrons. The van der Waals surface area contributed by atoms with Crippen LogP contribution in [0.15, 0.2) is 0 Å². The van der Waals surface area contributed by atoms with Crippen LogP contribution in [0.3, 0.4) is 0 Å². The van der Waals surface area contributed by atoms with Gasteiger partial charge in [-0.3, -0.25) is 9.59 Å². The molecule has 1 atom stereocenters. The predicted molar refractivity (Wildman–Crippen MR) is 73.8 cm³/mol. The highest BCUT2D eigenvalue weighted by Gasteiger charge is 2.20. The van der Waals surface area contributed by atoms with E-state index < -0.39 is 0 Å². The van der Waals surface area contributed by atoms with Crippen molar-refractivity contribution in [1.29, 1.82) is 0 Å². The van der Waals surface area contributed by atoms with Crippen molar-refractivity contribution in [2.24, 2.45) is 0 Å². The van der Waals surface area contributed by atoms with E-state index in [0.717, 1.165) is 38.8 Å². The van der Waals surface area contributed by atoms with Crippen LogP contribution in [0.2, 0.25) is 0 Å². The minimum atomic E-state index is -0.281. The van der Waals surface area contributed by atoms with Gasteiger partial charge < -0.3 is 15.0 Å². The maximum atomic E-state index is 11.9. The smallest absolute Gasteiger partial charge is 0.323 e. The maximum Gasteiger partial charge on any atom is 0.323 e. The van der Waals surface area contributed by atoms with E-state index in [1.165, 1.54) is 0 Å². The predicted octanol–water partition coefficient (Wildman–Crippen LogP) is 1.32. The van der Waals surface area contributed by atoms with Crippen LogP contribution in [0.25, 0.3) is 0 Å². The highest BCUT2D eigenvalue weighted by Crippen LogP contribution is 2.08. The molecule has 19 heavy (non-hydrogen) atoms. The first-order valence-corrected chi connectivity index (χ1v) is 7.36. The Labute approximate surface area is 115 Å². The second-order valence-electron chi connectivity index (χ2n) is 4.89. The summed E-state index contributed by atoms with van der Waals surface area (Å²) < 4.78 is 5.02. The van der Waals surface area contributed by atoms with Crippen molar-refractivity contribution in [2.45, 2.75) is 52.0 Å². The lowest BCUT2D eigenvalue weighted by molar-refractivity contribution is -0.146. The molecule has 0 bridgehead atoms. The zero-order valence-corrected chi connectivity index (χ0v) is 12.1. The average molecular weight is 270 g/mol. The third-order valence-electron chi connectivity index (χ3n) is 3.34. The van der Waals surface area contributed by atoms with E-state index in [9.17, 15) is 9.59 Å². The largest absolute Gasteiger partial charge is 0.465 e. The van der Waals surface area contributed by atoms with Crippen LogP contribution in [0.4, 0.5) is 0 Å². The Morgan fingerprint density at radius 2 is 1.95 bits per heavy atom. The number of carbonyl (C=O) groups excluding carboxylic acids is 2. The molecule has 0 radical (unpaired) electrons. The van der Waals surface area contributed by atoms with Crippen LogP contribution >= 0.6 is 0 Å². The highest BCUT2D eigenvalue weighted by molar-refractivity contribution is 5.77. The van der Waals surface area contributed by atoms with Crippen molar-refractivity contribution in [2.75, 3.05) is 26.2 Å². The van der Waals surface area contributed by atoms with Crippen LogP contribution in [0.5, 0.6) is 0 Å². The number of hydrogen-bond donors (Lipinski definition) is 1. The molecule has 1 rings (SSSR count). The van der Waals surface area contributed by atoms with Crippen LogP contribution in [-0.4, -0.2) is 49.1 Å². The van der Waals surface area contributed by atoms with Gasteiger partial charge in [0.2, 0.25) is 5.91 Å². The van der Waals surface area contributed by atoms with Gasteiger partial charge in [0.15, 0.2) is 0 Å². The zero-order valence-electron chi connectivity index (χ0n) is 12.1. The van der Waals surface area contributed by atoms with Crippen molar-refractivity contribution >= 4 is 11.9 Å². The monoisotopic (exact) mass is 270 g/mol. The molecular weight excluding hydrogens is 244 g/mol. The van der Waals surface area contributed by atoms with E-state index in [0.29, 0.717) is 19.6 Å². The van der Waals surface area contributed by atoms with E-state index in [2.05, 4.69) is 5.32 Å². The molecule has 1 aliphatic heterocycles. The first-order chi connectivity index (χ1) is 9.19. The SMILES string of the molecule is CCCC(NCCC(=O)N1CCCC1)C(=O)OCC. The molecule has 0 aromatic rings. The second-order valence-corrected chi connectivity index (χ2v) is 4.89. The molecule has 1 saturated heterocycles. The Bertz CT molecular complexity index is 288. The second kappa shape index (κ2) is 8.91. The molecule has 0 aromatic heterocycles. The number of carbonyl (C=O) groups is 2. The molecule has 1 N–H and O–H groups in total. The minimum absolute atomic E-state index is 0.184. The van der Waals surface area contributed by atoms with E-state index >= 15 is 0 Å². The lowest BCUT2D eigenvalue weighted by Gasteiger charge is -2.18. The van der Waals surface area contributed by atoms with Crippen molar-refractivity contribution in [3.63, 3.8) is 0 Å². The summed E-state index contributed by atoms with van der Waals surface area (Å²) in [6.45, 7) is 6.54. The molecule has 1 amide bonds. The van der Waals surface area contributed by atoms with Crippen LogP contribution in [-0.2, 0) is 14.3 Å². The Kier molecular flexibility index (Phi) is 7.48. The molecule has 0 aromatic carbocycles. The topological polar surface area (TPSA) is 58.6 Å². The van der Waals surface area contributed by atoms with Gasteiger partial charge in [-0.15, -0.1) is 0 Å². The van der Waals surface area contributed by atoms with Gasteiger partial charge in [0.05, 0.1) is 6.61 Å². The van der Waals surface area contributed by atoms with Crippen LogP contribution in [0.1, 0.15) is 46.0 Å². The molecular formula is C14H26N2O3. The molecule has 1 fully saturated rings. The molecule has 0 saturated carbocycles. The Morgan fingerprint density at radius 1 is 1.26 bits per heavy atom. The highest BCUT2D eigenvalue weighted by atomic mass is 16.5. The first-order valence-electron chi connectivity index (χ1n) is 7.36. The van der Waals surface area contributed by atoms with Crippen molar-refractivity contribution in [3.8, 4) is 0 Å². The number of hydrogen-bond acceptors (Lipinski definition) is 4. The number of ether oxygens (including phenoxy) is 1. The fourth-order valence-electron chi connectivity index (χ4n) is 2.31. The maximum absolute atomic E-state index is 11.9. The molecule has 1 unspecified atom stereocenters. The fraction of sp³-hybridized carbons (Fsp3) is 0.857. The van der Waals surface area contributed by atoms with Gasteiger partial charge in [-0.2, -0.15) is 0 Å². The van der Waals surface area contributed by atoms with Gasteiger partial charge >= 0.3 is 5.97 Å². The number of nitrogens with zero attached hydrogens (tertiary/aromatic N) is 1.